The lowest BCUT2D eigenvalue weighted by atomic mass is 10.1. The van der Waals surface area contributed by atoms with E-state index in [-0.39, 0.29) is 0 Å². The molecular weight excluding hydrogens is 416 g/mol. The zero-order chi connectivity index (χ0) is 20.9. The van der Waals surface area contributed by atoms with Crippen molar-refractivity contribution < 1.29 is 9.47 Å². The predicted molar refractivity (Wildman–Crippen MR) is 121 cm³/mol. The Morgan fingerprint density at radius 3 is 2.47 bits per heavy atom. The summed E-state index contributed by atoms with van der Waals surface area (Å²) in [6, 6.07) is 14.2. The molecule has 0 aliphatic heterocycles. The fourth-order valence-electron chi connectivity index (χ4n) is 2.95. The smallest absolute Gasteiger partial charge is 0.209 e. The van der Waals surface area contributed by atoms with Gasteiger partial charge >= 0.3 is 0 Å². The van der Waals surface area contributed by atoms with Crippen LogP contribution in [0.5, 0.6) is 11.5 Å². The van der Waals surface area contributed by atoms with Gasteiger partial charge in [-0.1, -0.05) is 43.0 Å². The summed E-state index contributed by atoms with van der Waals surface area (Å²) >= 11 is 3.17. The highest BCUT2D eigenvalue weighted by Crippen LogP contribution is 2.34. The van der Waals surface area contributed by atoms with Crippen LogP contribution in [-0.4, -0.2) is 34.4 Å². The lowest BCUT2D eigenvalue weighted by molar-refractivity contribution is 0.355. The number of aromatic nitrogens is 4. The molecule has 0 amide bonds. The van der Waals surface area contributed by atoms with Gasteiger partial charge in [0.05, 0.1) is 19.9 Å². The lowest BCUT2D eigenvalue weighted by Crippen LogP contribution is -1.91. The zero-order valence-corrected chi connectivity index (χ0v) is 18.6. The van der Waals surface area contributed by atoms with Crippen LogP contribution in [0.3, 0.4) is 0 Å². The van der Waals surface area contributed by atoms with Crippen molar-refractivity contribution in [1.29, 1.82) is 0 Å². The number of aryl methyl sites for hydroxylation is 1. The average Bonchev–Trinajstić information content (AvgIpc) is 3.47. The number of aromatic amines is 1. The molecule has 0 spiro atoms. The van der Waals surface area contributed by atoms with Crippen LogP contribution in [0.15, 0.2) is 53.0 Å². The Hall–Kier alpha value is -2.84. The fourth-order valence-corrected chi connectivity index (χ4v) is 4.57. The van der Waals surface area contributed by atoms with Gasteiger partial charge in [-0.15, -0.1) is 16.4 Å². The normalized spacial score (nSPS) is 10.9. The van der Waals surface area contributed by atoms with Crippen molar-refractivity contribution >= 4 is 23.1 Å². The Balaban J connectivity index is 1.42. The first-order chi connectivity index (χ1) is 14.7. The molecule has 0 unspecified atom stereocenters. The number of H-pyrrole nitrogens is 1. The maximum atomic E-state index is 5.39. The number of rotatable bonds is 8. The summed E-state index contributed by atoms with van der Waals surface area (Å²) in [5.41, 5.74) is 4.34. The van der Waals surface area contributed by atoms with E-state index in [1.54, 1.807) is 37.3 Å². The standard InChI is InChI=1S/C22H22N4O2S2/c1-4-14-5-7-15(8-6-14)20-24-22(26-25-20)30-13-17-12-29-21(23-17)16-9-10-18(27-2)19(11-16)28-3/h5-12H,4,13H2,1-3H3,(H,24,25,26). The number of thiazole rings is 1. The Kier molecular flexibility index (Phi) is 6.35. The molecule has 0 atom stereocenters. The summed E-state index contributed by atoms with van der Waals surface area (Å²) in [7, 11) is 3.26. The van der Waals surface area contributed by atoms with Gasteiger partial charge in [-0.2, -0.15) is 0 Å². The van der Waals surface area contributed by atoms with Crippen LogP contribution in [0.25, 0.3) is 22.0 Å². The van der Waals surface area contributed by atoms with Crippen molar-refractivity contribution in [1.82, 2.24) is 20.2 Å². The van der Waals surface area contributed by atoms with Gasteiger partial charge in [0.15, 0.2) is 17.3 Å². The minimum Gasteiger partial charge on any atom is -0.493 e. The molecule has 4 rings (SSSR count). The Labute approximate surface area is 183 Å². The quantitative estimate of drug-likeness (QED) is 0.368. The molecule has 2 aromatic heterocycles. The van der Waals surface area contributed by atoms with Crippen molar-refractivity contribution in [3.05, 3.63) is 59.1 Å². The maximum Gasteiger partial charge on any atom is 0.209 e. The van der Waals surface area contributed by atoms with Crippen molar-refractivity contribution in [2.45, 2.75) is 24.3 Å². The third kappa shape index (κ3) is 4.49. The van der Waals surface area contributed by atoms with E-state index in [2.05, 4.69) is 51.8 Å². The van der Waals surface area contributed by atoms with E-state index in [0.717, 1.165) is 34.1 Å². The molecule has 154 valence electrons. The van der Waals surface area contributed by atoms with E-state index in [4.69, 9.17) is 14.5 Å². The van der Waals surface area contributed by atoms with Gasteiger partial charge in [-0.25, -0.2) is 9.97 Å². The van der Waals surface area contributed by atoms with Crippen LogP contribution in [0.4, 0.5) is 0 Å². The zero-order valence-electron chi connectivity index (χ0n) is 17.0. The molecule has 6 nitrogen and oxygen atoms in total. The van der Waals surface area contributed by atoms with Crippen LogP contribution in [0.2, 0.25) is 0 Å². The molecule has 2 aromatic carbocycles. The van der Waals surface area contributed by atoms with Gasteiger partial charge < -0.3 is 9.47 Å². The molecule has 0 saturated carbocycles. The number of hydrogen-bond donors (Lipinski definition) is 1. The van der Waals surface area contributed by atoms with E-state index in [0.29, 0.717) is 22.4 Å². The van der Waals surface area contributed by atoms with Gasteiger partial charge in [-0.05, 0) is 30.2 Å². The number of nitrogens with one attached hydrogen (secondary N) is 1. The number of hydrogen-bond acceptors (Lipinski definition) is 7. The first kappa shape index (κ1) is 20.4. The molecule has 2 heterocycles. The maximum absolute atomic E-state index is 5.39. The molecule has 4 aromatic rings. The Morgan fingerprint density at radius 1 is 0.967 bits per heavy atom. The van der Waals surface area contributed by atoms with Crippen LogP contribution >= 0.6 is 23.1 Å². The second-order valence-electron chi connectivity index (χ2n) is 6.52. The minimum absolute atomic E-state index is 0.696. The highest BCUT2D eigenvalue weighted by molar-refractivity contribution is 7.98. The van der Waals surface area contributed by atoms with Crippen molar-refractivity contribution in [3.8, 4) is 33.5 Å². The van der Waals surface area contributed by atoms with Gasteiger partial charge in [0, 0.05) is 22.3 Å². The van der Waals surface area contributed by atoms with Crippen LogP contribution < -0.4 is 9.47 Å². The van der Waals surface area contributed by atoms with Crippen LogP contribution in [0, 0.1) is 0 Å². The third-order valence-electron chi connectivity index (χ3n) is 4.63. The van der Waals surface area contributed by atoms with E-state index in [1.807, 2.05) is 18.2 Å². The first-order valence-electron chi connectivity index (χ1n) is 9.51. The molecule has 0 aliphatic rings. The highest BCUT2D eigenvalue weighted by Gasteiger charge is 2.11. The predicted octanol–water partition coefficient (Wildman–Crippen LogP) is 5.47. The van der Waals surface area contributed by atoms with E-state index >= 15 is 0 Å². The fraction of sp³-hybridized carbons (Fsp3) is 0.227. The monoisotopic (exact) mass is 438 g/mol. The van der Waals surface area contributed by atoms with Crippen molar-refractivity contribution in [2.75, 3.05) is 14.2 Å². The molecule has 0 saturated heterocycles. The summed E-state index contributed by atoms with van der Waals surface area (Å²) < 4.78 is 10.7. The summed E-state index contributed by atoms with van der Waals surface area (Å²) in [6.45, 7) is 2.15. The largest absolute Gasteiger partial charge is 0.493 e. The number of ether oxygens (including phenoxy) is 2. The second kappa shape index (κ2) is 9.32. The highest BCUT2D eigenvalue weighted by atomic mass is 32.2. The number of methoxy groups -OCH3 is 2. The van der Waals surface area contributed by atoms with Crippen LogP contribution in [-0.2, 0) is 12.2 Å². The molecule has 8 heteroatoms. The third-order valence-corrected chi connectivity index (χ3v) is 6.45. The number of nitrogens with zero attached hydrogens (tertiary/aromatic N) is 3. The summed E-state index contributed by atoms with van der Waals surface area (Å²) in [4.78, 5) is 9.35. The number of thioether (sulfide) groups is 1. The Bertz CT molecular complexity index is 1120. The molecule has 0 aliphatic carbocycles. The van der Waals surface area contributed by atoms with Gasteiger partial charge in [0.2, 0.25) is 5.16 Å². The van der Waals surface area contributed by atoms with E-state index < -0.39 is 0 Å². The van der Waals surface area contributed by atoms with Crippen molar-refractivity contribution in [2.24, 2.45) is 0 Å². The summed E-state index contributed by atoms with van der Waals surface area (Å²) in [5.74, 6) is 2.89. The second-order valence-corrected chi connectivity index (χ2v) is 8.32. The average molecular weight is 439 g/mol. The minimum atomic E-state index is 0.696. The molecule has 0 radical (unpaired) electrons. The van der Waals surface area contributed by atoms with Crippen molar-refractivity contribution in [3.63, 3.8) is 0 Å². The van der Waals surface area contributed by atoms with Crippen LogP contribution in [0.1, 0.15) is 18.2 Å². The summed E-state index contributed by atoms with van der Waals surface area (Å²) in [5, 5.41) is 11.1. The topological polar surface area (TPSA) is 72.9 Å². The molecule has 1 N–H and O–H groups in total. The lowest BCUT2D eigenvalue weighted by Gasteiger charge is -2.08. The number of benzene rings is 2. The molecular formula is C22H22N4O2S2. The molecule has 30 heavy (non-hydrogen) atoms. The molecule has 0 bridgehead atoms. The molecule has 0 fully saturated rings. The van der Waals surface area contributed by atoms with Gasteiger partial charge in [0.25, 0.3) is 0 Å². The van der Waals surface area contributed by atoms with E-state index in [1.165, 1.54) is 5.56 Å². The van der Waals surface area contributed by atoms with Gasteiger partial charge in [0.1, 0.15) is 5.01 Å². The SMILES string of the molecule is CCc1ccc(-c2nc(SCc3csc(-c4ccc(OC)c(OC)c4)n3)n[nH]2)cc1. The first-order valence-corrected chi connectivity index (χ1v) is 11.4. The summed E-state index contributed by atoms with van der Waals surface area (Å²) in [6.07, 6.45) is 1.02. The van der Waals surface area contributed by atoms with Gasteiger partial charge in [-0.3, -0.25) is 5.10 Å². The Morgan fingerprint density at radius 2 is 1.73 bits per heavy atom. The van der Waals surface area contributed by atoms with E-state index in [9.17, 15) is 0 Å².